The Morgan fingerprint density at radius 2 is 1.49 bits per heavy atom. The molecule has 0 saturated heterocycles. The molecular weight excluding hydrogens is 455 g/mol. The Hall–Kier alpha value is -4.60. The first-order chi connectivity index (χ1) is 17.0. The fourth-order valence-corrected chi connectivity index (χ4v) is 3.43. The highest BCUT2D eigenvalue weighted by Gasteiger charge is 2.22. The van der Waals surface area contributed by atoms with Gasteiger partial charge in [-0.1, -0.05) is 0 Å². The third-order valence-corrected chi connectivity index (χ3v) is 5.15. The van der Waals surface area contributed by atoms with Gasteiger partial charge in [0.1, 0.15) is 11.6 Å². The van der Waals surface area contributed by atoms with E-state index in [2.05, 4.69) is 15.4 Å². The van der Waals surface area contributed by atoms with Gasteiger partial charge in [-0.05, 0) is 60.7 Å². The zero-order valence-electron chi connectivity index (χ0n) is 19.5. The minimum absolute atomic E-state index is 0.0890. The number of carbonyl (C=O) groups excluding carboxylic acids is 1. The molecule has 0 fully saturated rings. The Balaban J connectivity index is 1.82. The van der Waals surface area contributed by atoms with E-state index in [1.165, 1.54) is 50.3 Å². The number of aromatic nitrogens is 3. The van der Waals surface area contributed by atoms with Crippen molar-refractivity contribution in [3.05, 3.63) is 72.3 Å². The molecule has 1 N–H and O–H groups in total. The number of hydrogen-bond acceptors (Lipinski definition) is 7. The van der Waals surface area contributed by atoms with Crippen molar-refractivity contribution >= 4 is 11.6 Å². The van der Waals surface area contributed by atoms with Crippen LogP contribution in [-0.4, -0.2) is 49.1 Å². The lowest BCUT2D eigenvalue weighted by molar-refractivity contribution is 0.101. The fraction of sp³-hybridized carbons (Fsp3) is 0.160. The smallest absolute Gasteiger partial charge is 0.295 e. The first-order valence-electron chi connectivity index (χ1n) is 10.5. The molecule has 1 amide bonds. The Morgan fingerprint density at radius 3 is 2.03 bits per heavy atom. The molecule has 0 radical (unpaired) electrons. The third-order valence-electron chi connectivity index (χ3n) is 5.15. The van der Waals surface area contributed by atoms with E-state index < -0.39 is 11.7 Å². The highest BCUT2D eigenvalue weighted by atomic mass is 19.1. The molecule has 0 aliphatic carbocycles. The van der Waals surface area contributed by atoms with Gasteiger partial charge in [0.15, 0.2) is 17.3 Å². The van der Waals surface area contributed by atoms with E-state index in [0.29, 0.717) is 45.8 Å². The van der Waals surface area contributed by atoms with E-state index in [9.17, 15) is 9.18 Å². The average molecular weight is 478 g/mol. The van der Waals surface area contributed by atoms with E-state index in [1.807, 2.05) is 0 Å². The van der Waals surface area contributed by atoms with Crippen LogP contribution in [0.1, 0.15) is 10.6 Å². The number of amides is 1. The predicted octanol–water partition coefficient (Wildman–Crippen LogP) is 4.36. The molecule has 35 heavy (non-hydrogen) atoms. The highest BCUT2D eigenvalue weighted by molar-refractivity contribution is 6.01. The molecule has 1 heterocycles. The predicted molar refractivity (Wildman–Crippen MR) is 127 cm³/mol. The summed E-state index contributed by atoms with van der Waals surface area (Å²) < 4.78 is 36.4. The lowest BCUT2D eigenvalue weighted by Gasteiger charge is -2.14. The zero-order valence-corrected chi connectivity index (χ0v) is 19.5. The first-order valence-corrected chi connectivity index (χ1v) is 10.5. The van der Waals surface area contributed by atoms with Crippen LogP contribution in [0.15, 0.2) is 60.7 Å². The summed E-state index contributed by atoms with van der Waals surface area (Å²) in [5.41, 5.74) is 1.62. The van der Waals surface area contributed by atoms with Crippen molar-refractivity contribution in [2.45, 2.75) is 0 Å². The Labute approximate surface area is 201 Å². The number of nitrogens with one attached hydrogen (secondary N) is 1. The number of nitrogens with zero attached hydrogens (tertiary/aromatic N) is 3. The molecule has 0 aliphatic rings. The van der Waals surface area contributed by atoms with Crippen molar-refractivity contribution in [3.8, 4) is 40.1 Å². The summed E-state index contributed by atoms with van der Waals surface area (Å²) in [6.07, 6.45) is 0. The third kappa shape index (κ3) is 4.86. The van der Waals surface area contributed by atoms with E-state index >= 15 is 0 Å². The van der Waals surface area contributed by atoms with Crippen LogP contribution >= 0.6 is 0 Å². The topological polar surface area (TPSA) is 96.7 Å². The summed E-state index contributed by atoms with van der Waals surface area (Å²) in [4.78, 5) is 17.4. The summed E-state index contributed by atoms with van der Waals surface area (Å²) in [5.74, 6) is 1.23. The van der Waals surface area contributed by atoms with Gasteiger partial charge in [0, 0.05) is 11.3 Å². The quantitative estimate of drug-likeness (QED) is 0.402. The molecule has 0 atom stereocenters. The van der Waals surface area contributed by atoms with Crippen molar-refractivity contribution < 1.29 is 28.1 Å². The average Bonchev–Trinajstić information content (AvgIpc) is 3.35. The Morgan fingerprint density at radius 1 is 0.857 bits per heavy atom. The van der Waals surface area contributed by atoms with E-state index in [1.54, 1.807) is 43.5 Å². The number of halogens is 1. The van der Waals surface area contributed by atoms with E-state index in [4.69, 9.17) is 18.9 Å². The second-order valence-electron chi connectivity index (χ2n) is 7.24. The summed E-state index contributed by atoms with van der Waals surface area (Å²) in [5, 5.41) is 7.12. The summed E-state index contributed by atoms with van der Waals surface area (Å²) in [6, 6.07) is 16.0. The highest BCUT2D eigenvalue weighted by Crippen LogP contribution is 2.41. The molecule has 0 spiro atoms. The number of anilines is 1. The van der Waals surface area contributed by atoms with Gasteiger partial charge in [0.25, 0.3) is 5.91 Å². The Bertz CT molecular complexity index is 1310. The summed E-state index contributed by atoms with van der Waals surface area (Å²) >= 11 is 0. The van der Waals surface area contributed by atoms with Gasteiger partial charge in [-0.15, -0.1) is 5.10 Å². The van der Waals surface area contributed by atoms with Gasteiger partial charge in [-0.2, -0.15) is 0 Å². The van der Waals surface area contributed by atoms with Crippen LogP contribution in [-0.2, 0) is 0 Å². The normalized spacial score (nSPS) is 10.5. The van der Waals surface area contributed by atoms with Crippen molar-refractivity contribution in [1.82, 2.24) is 14.8 Å². The lowest BCUT2D eigenvalue weighted by Crippen LogP contribution is -2.14. The fourth-order valence-electron chi connectivity index (χ4n) is 3.43. The number of hydrogen-bond donors (Lipinski definition) is 1. The molecule has 10 heteroatoms. The Kier molecular flexibility index (Phi) is 6.81. The largest absolute Gasteiger partial charge is 0.497 e. The molecule has 0 bridgehead atoms. The van der Waals surface area contributed by atoms with Gasteiger partial charge >= 0.3 is 0 Å². The van der Waals surface area contributed by atoms with Gasteiger partial charge in [-0.3, -0.25) is 4.79 Å². The molecule has 4 aromatic rings. The SMILES string of the molecule is COc1ccc(-n2nc(C(=O)Nc3ccc(F)cc3)nc2-c2cc(OC)c(OC)c(OC)c2)cc1. The second-order valence-corrected chi connectivity index (χ2v) is 7.24. The van der Waals surface area contributed by atoms with Crippen LogP contribution in [0.5, 0.6) is 23.0 Å². The summed E-state index contributed by atoms with van der Waals surface area (Å²) in [7, 11) is 6.11. The minimum Gasteiger partial charge on any atom is -0.497 e. The van der Waals surface area contributed by atoms with Crippen LogP contribution in [0.3, 0.4) is 0 Å². The maximum Gasteiger partial charge on any atom is 0.295 e. The van der Waals surface area contributed by atoms with Crippen LogP contribution in [0.4, 0.5) is 10.1 Å². The van der Waals surface area contributed by atoms with Crippen molar-refractivity contribution in [1.29, 1.82) is 0 Å². The number of methoxy groups -OCH3 is 4. The summed E-state index contributed by atoms with van der Waals surface area (Å²) in [6.45, 7) is 0. The molecule has 4 rings (SSSR count). The maximum atomic E-state index is 13.2. The van der Waals surface area contributed by atoms with Crippen molar-refractivity contribution in [2.75, 3.05) is 33.8 Å². The van der Waals surface area contributed by atoms with Crippen molar-refractivity contribution in [2.24, 2.45) is 0 Å². The molecule has 9 nitrogen and oxygen atoms in total. The first kappa shape index (κ1) is 23.6. The maximum absolute atomic E-state index is 13.2. The second kappa shape index (κ2) is 10.1. The van der Waals surface area contributed by atoms with Crippen LogP contribution < -0.4 is 24.3 Å². The van der Waals surface area contributed by atoms with Crippen molar-refractivity contribution in [3.63, 3.8) is 0 Å². The molecule has 0 unspecified atom stereocenters. The number of benzene rings is 3. The number of carbonyl (C=O) groups is 1. The van der Waals surface area contributed by atoms with Crippen LogP contribution in [0, 0.1) is 5.82 Å². The molecular formula is C25H23FN4O5. The number of rotatable bonds is 8. The van der Waals surface area contributed by atoms with Gasteiger partial charge in [0.2, 0.25) is 11.6 Å². The standard InChI is InChI=1S/C25H23FN4O5/c1-32-19-11-9-18(10-12-19)30-24(15-13-20(33-2)22(35-4)21(14-15)34-3)28-23(29-30)25(31)27-17-7-5-16(26)6-8-17/h5-14H,1-4H3,(H,27,31). The monoisotopic (exact) mass is 478 g/mol. The lowest BCUT2D eigenvalue weighted by atomic mass is 10.1. The molecule has 0 saturated carbocycles. The van der Waals surface area contributed by atoms with E-state index in [0.717, 1.165) is 0 Å². The van der Waals surface area contributed by atoms with Gasteiger partial charge in [0.05, 0.1) is 34.1 Å². The van der Waals surface area contributed by atoms with Crippen LogP contribution in [0.25, 0.3) is 17.1 Å². The van der Waals surface area contributed by atoms with Gasteiger partial charge < -0.3 is 24.3 Å². The molecule has 1 aromatic heterocycles. The van der Waals surface area contributed by atoms with Gasteiger partial charge in [-0.25, -0.2) is 14.1 Å². The van der Waals surface area contributed by atoms with Crippen LogP contribution in [0.2, 0.25) is 0 Å². The molecule has 0 aliphatic heterocycles. The van der Waals surface area contributed by atoms with E-state index in [-0.39, 0.29) is 5.82 Å². The zero-order chi connectivity index (χ0) is 24.9. The minimum atomic E-state index is -0.558. The molecule has 180 valence electrons. The molecule has 3 aromatic carbocycles. The number of ether oxygens (including phenoxy) is 4.